The number of carbonyl (C=O) groups excluding carboxylic acids is 1. The van der Waals surface area contributed by atoms with Crippen LogP contribution >= 0.6 is 0 Å². The van der Waals surface area contributed by atoms with Crippen molar-refractivity contribution in [3.05, 3.63) is 58.2 Å². The number of nitrogens with zero attached hydrogens (tertiary/aromatic N) is 2. The summed E-state index contributed by atoms with van der Waals surface area (Å²) in [6, 6.07) is 4.16. The summed E-state index contributed by atoms with van der Waals surface area (Å²) in [6.07, 6.45) is -1.49. The van der Waals surface area contributed by atoms with Gasteiger partial charge in [0.05, 0.1) is 6.61 Å². The molecule has 28 heavy (non-hydrogen) atoms. The molecule has 0 bridgehead atoms. The quantitative estimate of drug-likeness (QED) is 0.579. The van der Waals surface area contributed by atoms with Crippen LogP contribution in [0.2, 0.25) is 0 Å². The molecule has 0 saturated heterocycles. The third-order valence-corrected chi connectivity index (χ3v) is 4.00. The van der Waals surface area contributed by atoms with Crippen LogP contribution in [0.3, 0.4) is 0 Å². The van der Waals surface area contributed by atoms with E-state index in [4.69, 9.17) is 10.5 Å². The number of hydrogen-bond acceptors (Lipinski definition) is 4. The van der Waals surface area contributed by atoms with Gasteiger partial charge in [-0.2, -0.15) is 0 Å². The number of nitrogens with one attached hydrogen (secondary N) is 1. The minimum absolute atomic E-state index is 0.00428. The largest absolute Gasteiger partial charge is 0.465 e. The highest BCUT2D eigenvalue weighted by atomic mass is 19.3. The number of alkyl halides is 2. The number of nitrogens with two attached hydrogens (primary N) is 1. The van der Waals surface area contributed by atoms with Crippen LogP contribution in [0.25, 0.3) is 0 Å². The predicted octanol–water partition coefficient (Wildman–Crippen LogP) is 3.53. The number of halogens is 3. The van der Waals surface area contributed by atoms with Crippen molar-refractivity contribution in [1.82, 2.24) is 4.98 Å². The summed E-state index contributed by atoms with van der Waals surface area (Å²) in [6.45, 7) is 3.21. The number of aliphatic imine (C=N–C) groups is 1. The zero-order valence-corrected chi connectivity index (χ0v) is 15.7. The fourth-order valence-electron chi connectivity index (χ4n) is 2.57. The molecule has 0 aliphatic carbocycles. The molecule has 2 aromatic rings. The molecule has 2 rings (SSSR count). The van der Waals surface area contributed by atoms with Crippen LogP contribution in [0.1, 0.15) is 39.2 Å². The van der Waals surface area contributed by atoms with Crippen LogP contribution in [0, 0.1) is 19.7 Å². The highest BCUT2D eigenvalue weighted by Crippen LogP contribution is 2.22. The average Bonchev–Trinajstić information content (AvgIpc) is 2.64. The van der Waals surface area contributed by atoms with E-state index in [0.29, 0.717) is 22.4 Å². The van der Waals surface area contributed by atoms with Crippen LogP contribution in [0.4, 0.5) is 18.9 Å². The van der Waals surface area contributed by atoms with E-state index in [9.17, 15) is 18.0 Å². The van der Waals surface area contributed by atoms with E-state index in [1.807, 2.05) is 0 Å². The second-order valence-corrected chi connectivity index (χ2v) is 6.12. The predicted molar refractivity (Wildman–Crippen MR) is 100 cm³/mol. The van der Waals surface area contributed by atoms with Crippen molar-refractivity contribution in [2.75, 3.05) is 19.0 Å². The zero-order chi connectivity index (χ0) is 20.8. The minimum Gasteiger partial charge on any atom is -0.465 e. The fourth-order valence-corrected chi connectivity index (χ4v) is 2.57. The Morgan fingerprint density at radius 3 is 2.61 bits per heavy atom. The number of amides is 1. The van der Waals surface area contributed by atoms with Crippen LogP contribution in [0.15, 0.2) is 29.4 Å². The van der Waals surface area contributed by atoms with E-state index < -0.39 is 18.1 Å². The number of amidine groups is 1. The monoisotopic (exact) mass is 394 g/mol. The van der Waals surface area contributed by atoms with E-state index in [1.54, 1.807) is 6.92 Å². The summed E-state index contributed by atoms with van der Waals surface area (Å²) < 4.78 is 44.9. The molecule has 1 aromatic carbocycles. The van der Waals surface area contributed by atoms with Crippen molar-refractivity contribution in [2.24, 2.45) is 10.7 Å². The molecular formula is C19H21F3N4O2. The Balaban J connectivity index is 2.18. The Labute approximate surface area is 160 Å². The maximum atomic E-state index is 14.3. The van der Waals surface area contributed by atoms with E-state index >= 15 is 0 Å². The van der Waals surface area contributed by atoms with Gasteiger partial charge in [-0.25, -0.2) is 18.2 Å². The van der Waals surface area contributed by atoms with Gasteiger partial charge in [0.1, 0.15) is 11.5 Å². The lowest BCUT2D eigenvalue weighted by atomic mass is 10.1. The van der Waals surface area contributed by atoms with Crippen molar-refractivity contribution >= 4 is 17.6 Å². The molecule has 6 nitrogen and oxygen atoms in total. The van der Waals surface area contributed by atoms with Crippen molar-refractivity contribution in [3.63, 3.8) is 0 Å². The lowest BCUT2D eigenvalue weighted by Crippen LogP contribution is -2.18. The van der Waals surface area contributed by atoms with Gasteiger partial charge < -0.3 is 15.8 Å². The maximum absolute atomic E-state index is 14.3. The van der Waals surface area contributed by atoms with Gasteiger partial charge in [-0.3, -0.25) is 9.78 Å². The van der Waals surface area contributed by atoms with Crippen LogP contribution < -0.4 is 11.1 Å². The summed E-state index contributed by atoms with van der Waals surface area (Å²) >= 11 is 0. The molecule has 0 atom stereocenters. The molecule has 1 heterocycles. The summed E-state index contributed by atoms with van der Waals surface area (Å²) in [5, 5.41) is 2.62. The Bertz CT molecular complexity index is 901. The van der Waals surface area contributed by atoms with Crippen molar-refractivity contribution < 1.29 is 22.7 Å². The lowest BCUT2D eigenvalue weighted by Gasteiger charge is -2.12. The molecule has 0 aliphatic heterocycles. The molecule has 0 aliphatic rings. The number of hydrogen-bond donors (Lipinski definition) is 2. The van der Waals surface area contributed by atoms with Gasteiger partial charge in [0.25, 0.3) is 18.4 Å². The first-order valence-electron chi connectivity index (χ1n) is 8.43. The third kappa shape index (κ3) is 5.21. The second-order valence-electron chi connectivity index (χ2n) is 6.12. The Morgan fingerprint density at radius 2 is 2.00 bits per heavy atom. The molecule has 1 aromatic heterocycles. The number of aryl methyl sites for hydroxylation is 2. The molecule has 0 fully saturated rings. The van der Waals surface area contributed by atoms with Crippen molar-refractivity contribution in [2.45, 2.75) is 26.7 Å². The second kappa shape index (κ2) is 9.20. The van der Waals surface area contributed by atoms with Gasteiger partial charge in [0.2, 0.25) is 0 Å². The van der Waals surface area contributed by atoms with Crippen molar-refractivity contribution in [3.8, 4) is 0 Å². The number of anilines is 1. The molecule has 1 amide bonds. The van der Waals surface area contributed by atoms with E-state index in [0.717, 1.165) is 6.20 Å². The zero-order valence-electron chi connectivity index (χ0n) is 15.7. The van der Waals surface area contributed by atoms with E-state index in [1.165, 1.54) is 32.2 Å². The Kier molecular flexibility index (Phi) is 6.97. The molecule has 150 valence electrons. The smallest absolute Gasteiger partial charge is 0.281 e. The number of carbonyl (C=O) groups is 1. The molecule has 3 N–H and O–H groups in total. The highest BCUT2D eigenvalue weighted by molar-refractivity contribution is 6.03. The van der Waals surface area contributed by atoms with Gasteiger partial charge in [0, 0.05) is 30.9 Å². The first-order valence-corrected chi connectivity index (χ1v) is 8.43. The maximum Gasteiger partial charge on any atom is 0.281 e. The minimum atomic E-state index is -2.67. The number of rotatable bonds is 6. The van der Waals surface area contributed by atoms with Crippen LogP contribution in [0.5, 0.6) is 0 Å². The topological polar surface area (TPSA) is 89.6 Å². The van der Waals surface area contributed by atoms with Gasteiger partial charge in [0.15, 0.2) is 0 Å². The van der Waals surface area contributed by atoms with Crippen LogP contribution in [-0.2, 0) is 11.2 Å². The Morgan fingerprint density at radius 1 is 1.29 bits per heavy atom. The number of aromatic nitrogens is 1. The normalized spacial score (nSPS) is 11.6. The average molecular weight is 394 g/mol. The summed E-state index contributed by atoms with van der Waals surface area (Å²) in [7, 11) is 1.47. The molecule has 0 saturated carbocycles. The SMILES string of the molecule is CN=C(N)OCCc1cc(NC(=O)c2ncc(C(F)F)cc2C)cc(C)c1F. The van der Waals surface area contributed by atoms with E-state index in [2.05, 4.69) is 15.3 Å². The molecule has 0 spiro atoms. The molecule has 0 radical (unpaired) electrons. The molecule has 9 heteroatoms. The van der Waals surface area contributed by atoms with Gasteiger partial charge in [-0.1, -0.05) is 0 Å². The van der Waals surface area contributed by atoms with Crippen LogP contribution in [-0.4, -0.2) is 30.6 Å². The summed E-state index contributed by atoms with van der Waals surface area (Å²) in [5.74, 6) is -0.988. The van der Waals surface area contributed by atoms with E-state index in [-0.39, 0.29) is 30.3 Å². The highest BCUT2D eigenvalue weighted by Gasteiger charge is 2.16. The number of ether oxygens (including phenoxy) is 1. The van der Waals surface area contributed by atoms with Crippen molar-refractivity contribution in [1.29, 1.82) is 0 Å². The lowest BCUT2D eigenvalue weighted by molar-refractivity contribution is 0.102. The van der Waals surface area contributed by atoms with Gasteiger partial charge >= 0.3 is 0 Å². The first-order chi connectivity index (χ1) is 13.2. The molecule has 0 unspecified atom stereocenters. The number of benzene rings is 1. The standard InChI is InChI=1S/C19H21F3N4O2/c1-10-7-14(8-12(15(10)20)4-5-28-19(23)24-3)26-18(27)16-11(2)6-13(9-25-16)17(21)22/h6-9,17H,4-5H2,1-3H3,(H2,23,24)(H,26,27). The summed E-state index contributed by atoms with van der Waals surface area (Å²) in [5.41, 5.74) is 6.53. The van der Waals surface area contributed by atoms with Gasteiger partial charge in [-0.05, 0) is 48.7 Å². The third-order valence-electron chi connectivity index (χ3n) is 4.00. The number of pyridine rings is 1. The summed E-state index contributed by atoms with van der Waals surface area (Å²) in [4.78, 5) is 19.9. The molecular weight excluding hydrogens is 373 g/mol. The fraction of sp³-hybridized carbons (Fsp3) is 0.316. The van der Waals surface area contributed by atoms with Gasteiger partial charge in [-0.15, -0.1) is 0 Å². The first kappa shape index (κ1) is 21.2. The Hall–Kier alpha value is -3.10.